The van der Waals surface area contributed by atoms with Crippen LogP contribution in [0.1, 0.15) is 18.5 Å². The number of H-pyrrole nitrogens is 1. The van der Waals surface area contributed by atoms with Gasteiger partial charge in [-0.05, 0) is 17.2 Å². The van der Waals surface area contributed by atoms with Crippen molar-refractivity contribution in [2.45, 2.75) is 18.2 Å². The van der Waals surface area contributed by atoms with Gasteiger partial charge >= 0.3 is 0 Å². The Kier molecular flexibility index (Phi) is 3.51. The summed E-state index contributed by atoms with van der Waals surface area (Å²) in [5, 5.41) is 1.16. The molecule has 3 rings (SSSR count). The van der Waals surface area contributed by atoms with E-state index in [0.717, 1.165) is 27.7 Å². The Morgan fingerprint density at radius 2 is 1.95 bits per heavy atom. The molecule has 0 bridgehead atoms. The molecule has 3 aromatic rings. The number of aromatic nitrogens is 2. The van der Waals surface area contributed by atoms with Gasteiger partial charge in [0, 0.05) is 34.6 Å². The zero-order valence-corrected chi connectivity index (χ0v) is 12.1. The average Bonchev–Trinajstić information content (AvgIpc) is 2.90. The Hall–Kier alpha value is -1.78. The largest absolute Gasteiger partial charge is 0.346 e. The molecule has 2 atom stereocenters. The fraction of sp³-hybridized carbons (Fsp3) is 0.188. The molecule has 0 radical (unpaired) electrons. The van der Waals surface area contributed by atoms with Crippen molar-refractivity contribution < 1.29 is 0 Å². The molecule has 0 amide bonds. The molecule has 0 saturated heterocycles. The predicted molar refractivity (Wildman–Crippen MR) is 86.9 cm³/mol. The van der Waals surface area contributed by atoms with Crippen LogP contribution in [0.3, 0.4) is 0 Å². The monoisotopic (exact) mass is 283 g/mol. The normalized spacial score (nSPS) is 14.3. The van der Waals surface area contributed by atoms with Crippen LogP contribution in [0, 0.1) is 0 Å². The fourth-order valence-electron chi connectivity index (χ4n) is 2.35. The van der Waals surface area contributed by atoms with Crippen LogP contribution in [0.2, 0.25) is 0 Å². The maximum Gasteiger partial charge on any atom is 0.137 e. The van der Waals surface area contributed by atoms with Crippen LogP contribution in [0.15, 0.2) is 48.8 Å². The minimum Gasteiger partial charge on any atom is -0.346 e. The molecule has 0 saturated carbocycles. The van der Waals surface area contributed by atoms with Gasteiger partial charge in [-0.2, -0.15) is 12.6 Å². The highest BCUT2D eigenvalue weighted by molar-refractivity contribution is 7.81. The highest BCUT2D eigenvalue weighted by Gasteiger charge is 2.16. The first-order chi connectivity index (χ1) is 9.66. The van der Waals surface area contributed by atoms with E-state index < -0.39 is 0 Å². The van der Waals surface area contributed by atoms with E-state index in [0.29, 0.717) is 0 Å². The predicted octanol–water partition coefficient (Wildman–Crippen LogP) is 3.55. The molecule has 0 spiro atoms. The topological polar surface area (TPSA) is 54.7 Å². The number of pyridine rings is 1. The number of nitrogens with two attached hydrogens (primary N) is 1. The fourth-order valence-corrected chi connectivity index (χ4v) is 2.51. The quantitative estimate of drug-likeness (QED) is 0.644. The lowest BCUT2D eigenvalue weighted by Crippen LogP contribution is -2.18. The second-order valence-corrected chi connectivity index (χ2v) is 5.81. The van der Waals surface area contributed by atoms with Crippen LogP contribution in [-0.4, -0.2) is 15.2 Å². The number of nitrogens with one attached hydrogen (secondary N) is 1. The van der Waals surface area contributed by atoms with E-state index in [1.165, 1.54) is 0 Å². The van der Waals surface area contributed by atoms with Crippen LogP contribution < -0.4 is 5.73 Å². The Balaban J connectivity index is 2.12. The summed E-state index contributed by atoms with van der Waals surface area (Å²) in [6.07, 6.45) is 3.82. The van der Waals surface area contributed by atoms with E-state index in [2.05, 4.69) is 40.8 Å². The summed E-state index contributed by atoms with van der Waals surface area (Å²) in [6.45, 7) is 2.00. The molecule has 0 aliphatic heterocycles. The molecule has 2 heterocycles. The Morgan fingerprint density at radius 3 is 2.65 bits per heavy atom. The van der Waals surface area contributed by atoms with Crippen LogP contribution in [0.5, 0.6) is 0 Å². The van der Waals surface area contributed by atoms with Gasteiger partial charge in [-0.25, -0.2) is 4.98 Å². The Morgan fingerprint density at radius 1 is 1.20 bits per heavy atom. The van der Waals surface area contributed by atoms with Gasteiger partial charge in [0.1, 0.15) is 5.65 Å². The van der Waals surface area contributed by atoms with E-state index >= 15 is 0 Å². The third-order valence-corrected chi connectivity index (χ3v) is 3.87. The number of benzene rings is 1. The SMILES string of the molecule is CC(S)C(N)c1c[nH]c2ncc(-c3ccccc3)cc12. The molecule has 0 aliphatic rings. The maximum atomic E-state index is 6.21. The van der Waals surface area contributed by atoms with Gasteiger partial charge in [-0.1, -0.05) is 37.3 Å². The lowest BCUT2D eigenvalue weighted by Gasteiger charge is -2.14. The highest BCUT2D eigenvalue weighted by atomic mass is 32.1. The van der Waals surface area contributed by atoms with Crippen LogP contribution in [0.4, 0.5) is 0 Å². The number of rotatable bonds is 3. The molecule has 3 nitrogen and oxygen atoms in total. The van der Waals surface area contributed by atoms with Gasteiger partial charge in [0.15, 0.2) is 0 Å². The minimum absolute atomic E-state index is 0.0920. The molecular weight excluding hydrogens is 266 g/mol. The number of thiol groups is 1. The molecular formula is C16H17N3S. The van der Waals surface area contributed by atoms with Crippen molar-refractivity contribution in [2.24, 2.45) is 5.73 Å². The second-order valence-electron chi connectivity index (χ2n) is 5.00. The molecule has 4 heteroatoms. The van der Waals surface area contributed by atoms with Crippen molar-refractivity contribution >= 4 is 23.7 Å². The summed E-state index contributed by atoms with van der Waals surface area (Å²) < 4.78 is 0. The zero-order valence-electron chi connectivity index (χ0n) is 11.2. The van der Waals surface area contributed by atoms with E-state index in [4.69, 9.17) is 5.73 Å². The number of aromatic amines is 1. The van der Waals surface area contributed by atoms with E-state index in [1.54, 1.807) is 0 Å². The van der Waals surface area contributed by atoms with Gasteiger partial charge < -0.3 is 10.7 Å². The van der Waals surface area contributed by atoms with E-state index in [9.17, 15) is 0 Å². The minimum atomic E-state index is -0.111. The molecule has 2 unspecified atom stereocenters. The smallest absolute Gasteiger partial charge is 0.137 e. The van der Waals surface area contributed by atoms with Crippen molar-refractivity contribution in [1.29, 1.82) is 0 Å². The molecule has 1 aromatic carbocycles. The zero-order chi connectivity index (χ0) is 14.1. The number of hydrogen-bond donors (Lipinski definition) is 3. The number of nitrogens with zero attached hydrogens (tertiary/aromatic N) is 1. The van der Waals surface area contributed by atoms with E-state index in [1.807, 2.05) is 37.5 Å². The average molecular weight is 283 g/mol. The van der Waals surface area contributed by atoms with Crippen molar-refractivity contribution in [3.63, 3.8) is 0 Å². The lowest BCUT2D eigenvalue weighted by molar-refractivity contribution is 0.725. The van der Waals surface area contributed by atoms with Gasteiger partial charge in [0.2, 0.25) is 0 Å². The first-order valence-corrected chi connectivity index (χ1v) is 7.14. The van der Waals surface area contributed by atoms with Crippen LogP contribution in [0.25, 0.3) is 22.2 Å². The summed E-state index contributed by atoms with van der Waals surface area (Å²) in [5.74, 6) is 0. The number of fused-ring (bicyclic) bond motifs is 1. The van der Waals surface area contributed by atoms with Gasteiger partial charge in [-0.3, -0.25) is 0 Å². The molecule has 20 heavy (non-hydrogen) atoms. The van der Waals surface area contributed by atoms with Crippen LogP contribution in [-0.2, 0) is 0 Å². The van der Waals surface area contributed by atoms with Crippen molar-refractivity contribution in [3.8, 4) is 11.1 Å². The summed E-state index contributed by atoms with van der Waals surface area (Å²) in [5.41, 5.74) is 10.4. The Labute approximate surface area is 123 Å². The highest BCUT2D eigenvalue weighted by Crippen LogP contribution is 2.29. The van der Waals surface area contributed by atoms with Crippen LogP contribution >= 0.6 is 12.6 Å². The molecule has 2 aromatic heterocycles. The molecule has 102 valence electrons. The second kappa shape index (κ2) is 5.31. The van der Waals surface area contributed by atoms with Crippen molar-refractivity contribution in [1.82, 2.24) is 9.97 Å². The standard InChI is InChI=1S/C16H17N3S/c1-10(20)15(17)14-9-19-16-13(14)7-12(8-18-16)11-5-3-2-4-6-11/h2-10,15,20H,17H2,1H3,(H,18,19). The van der Waals surface area contributed by atoms with Crippen molar-refractivity contribution in [3.05, 3.63) is 54.4 Å². The first-order valence-electron chi connectivity index (χ1n) is 6.63. The van der Waals surface area contributed by atoms with E-state index in [-0.39, 0.29) is 11.3 Å². The Bertz CT molecular complexity index is 719. The number of hydrogen-bond acceptors (Lipinski definition) is 3. The van der Waals surface area contributed by atoms with Gasteiger partial charge in [0.25, 0.3) is 0 Å². The first kappa shape index (κ1) is 13.2. The molecule has 0 fully saturated rings. The van der Waals surface area contributed by atoms with Crippen molar-refractivity contribution in [2.75, 3.05) is 0 Å². The third kappa shape index (κ3) is 2.32. The third-order valence-electron chi connectivity index (χ3n) is 3.55. The van der Waals surface area contributed by atoms with Gasteiger partial charge in [-0.15, -0.1) is 0 Å². The molecule has 3 N–H and O–H groups in total. The summed E-state index contributed by atoms with van der Waals surface area (Å²) in [6, 6.07) is 12.2. The summed E-state index contributed by atoms with van der Waals surface area (Å²) >= 11 is 4.44. The summed E-state index contributed by atoms with van der Waals surface area (Å²) in [7, 11) is 0. The lowest BCUT2D eigenvalue weighted by atomic mass is 10.0. The van der Waals surface area contributed by atoms with Gasteiger partial charge in [0.05, 0.1) is 0 Å². The molecule has 0 aliphatic carbocycles. The summed E-state index contributed by atoms with van der Waals surface area (Å²) in [4.78, 5) is 7.66. The maximum absolute atomic E-state index is 6.21.